The summed E-state index contributed by atoms with van der Waals surface area (Å²) in [5.41, 5.74) is -0.448. The van der Waals surface area contributed by atoms with E-state index in [1.165, 1.54) is 6.26 Å². The number of ether oxygens (including phenoxy) is 1. The highest BCUT2D eigenvalue weighted by Gasteiger charge is 2.20. The summed E-state index contributed by atoms with van der Waals surface area (Å²) < 4.78 is 10.1. The van der Waals surface area contributed by atoms with Crippen molar-refractivity contribution in [1.29, 1.82) is 0 Å². The Morgan fingerprint density at radius 2 is 2.36 bits per heavy atom. The van der Waals surface area contributed by atoms with E-state index in [0.717, 1.165) is 6.42 Å². The summed E-state index contributed by atoms with van der Waals surface area (Å²) in [5.74, 6) is 0.391. The molecule has 1 rings (SSSR count). The van der Waals surface area contributed by atoms with Crippen LogP contribution < -0.4 is 5.32 Å². The molecule has 0 aliphatic heterocycles. The second-order valence-electron chi connectivity index (χ2n) is 3.61. The van der Waals surface area contributed by atoms with Crippen LogP contribution in [0.15, 0.2) is 22.8 Å². The fourth-order valence-electron chi connectivity index (χ4n) is 0.799. The maximum absolute atomic E-state index is 11.3. The third-order valence-corrected chi connectivity index (χ3v) is 1.97. The van der Waals surface area contributed by atoms with Gasteiger partial charge in [0, 0.05) is 6.07 Å². The van der Waals surface area contributed by atoms with Gasteiger partial charge in [-0.1, -0.05) is 6.92 Å². The van der Waals surface area contributed by atoms with Crippen molar-refractivity contribution in [2.75, 3.05) is 5.32 Å². The van der Waals surface area contributed by atoms with Crippen LogP contribution in [0, 0.1) is 0 Å². The first kappa shape index (κ1) is 10.6. The molecule has 1 aromatic heterocycles. The highest BCUT2D eigenvalue weighted by atomic mass is 16.6. The average molecular weight is 197 g/mol. The van der Waals surface area contributed by atoms with Gasteiger partial charge in [0.2, 0.25) is 5.88 Å². The predicted octanol–water partition coefficient (Wildman–Crippen LogP) is 3.02. The highest BCUT2D eigenvalue weighted by molar-refractivity contribution is 5.83. The normalized spacial score (nSPS) is 11.1. The molecule has 1 N–H and O–H groups in total. The first-order valence-corrected chi connectivity index (χ1v) is 4.57. The van der Waals surface area contributed by atoms with E-state index < -0.39 is 11.7 Å². The minimum Gasteiger partial charge on any atom is -0.448 e. The van der Waals surface area contributed by atoms with Crippen molar-refractivity contribution in [2.45, 2.75) is 32.8 Å². The molecule has 0 saturated heterocycles. The second kappa shape index (κ2) is 4.17. The van der Waals surface area contributed by atoms with Crippen LogP contribution in [0.4, 0.5) is 10.7 Å². The number of hydrogen-bond acceptors (Lipinski definition) is 3. The quantitative estimate of drug-likeness (QED) is 0.810. The number of nitrogens with one attached hydrogen (secondary N) is 1. The van der Waals surface area contributed by atoms with Gasteiger partial charge < -0.3 is 9.15 Å². The van der Waals surface area contributed by atoms with Crippen molar-refractivity contribution in [3.8, 4) is 0 Å². The van der Waals surface area contributed by atoms with E-state index in [1.807, 2.05) is 20.8 Å². The van der Waals surface area contributed by atoms with Gasteiger partial charge in [0.15, 0.2) is 0 Å². The van der Waals surface area contributed by atoms with Crippen LogP contribution in [-0.4, -0.2) is 11.7 Å². The number of carbonyl (C=O) groups is 1. The highest BCUT2D eigenvalue weighted by Crippen LogP contribution is 2.15. The van der Waals surface area contributed by atoms with E-state index in [0.29, 0.717) is 5.88 Å². The van der Waals surface area contributed by atoms with E-state index in [2.05, 4.69) is 5.32 Å². The first-order valence-electron chi connectivity index (χ1n) is 4.57. The summed E-state index contributed by atoms with van der Waals surface area (Å²) in [6, 6.07) is 3.35. The number of amides is 1. The predicted molar refractivity (Wildman–Crippen MR) is 53.2 cm³/mol. The molecule has 4 nitrogen and oxygen atoms in total. The van der Waals surface area contributed by atoms with Crippen molar-refractivity contribution in [3.05, 3.63) is 18.4 Å². The van der Waals surface area contributed by atoms with Crippen LogP contribution in [0.3, 0.4) is 0 Å². The first-order chi connectivity index (χ1) is 6.53. The SMILES string of the molecule is CCC(C)(C)OC(=O)Nc1ccco1. The molecule has 0 bridgehead atoms. The van der Waals surface area contributed by atoms with E-state index >= 15 is 0 Å². The van der Waals surface area contributed by atoms with Gasteiger partial charge >= 0.3 is 6.09 Å². The lowest BCUT2D eigenvalue weighted by Gasteiger charge is -2.22. The van der Waals surface area contributed by atoms with Gasteiger partial charge in [-0.05, 0) is 26.3 Å². The fraction of sp³-hybridized carbons (Fsp3) is 0.500. The molecule has 1 amide bonds. The van der Waals surface area contributed by atoms with Crippen molar-refractivity contribution in [1.82, 2.24) is 0 Å². The topological polar surface area (TPSA) is 51.5 Å². The van der Waals surface area contributed by atoms with Gasteiger partial charge in [-0.15, -0.1) is 0 Å². The zero-order valence-electron chi connectivity index (χ0n) is 8.66. The smallest absolute Gasteiger partial charge is 0.414 e. The molecular weight excluding hydrogens is 182 g/mol. The van der Waals surface area contributed by atoms with Gasteiger partial charge in [-0.2, -0.15) is 0 Å². The Balaban J connectivity index is 2.44. The largest absolute Gasteiger partial charge is 0.448 e. The van der Waals surface area contributed by atoms with Crippen molar-refractivity contribution in [3.63, 3.8) is 0 Å². The summed E-state index contributed by atoms with van der Waals surface area (Å²) in [7, 11) is 0. The third-order valence-electron chi connectivity index (χ3n) is 1.97. The molecule has 14 heavy (non-hydrogen) atoms. The molecule has 4 heteroatoms. The molecule has 0 aliphatic rings. The van der Waals surface area contributed by atoms with E-state index in [4.69, 9.17) is 9.15 Å². The lowest BCUT2D eigenvalue weighted by atomic mass is 10.1. The molecule has 0 atom stereocenters. The zero-order chi connectivity index (χ0) is 10.6. The number of anilines is 1. The maximum atomic E-state index is 11.3. The maximum Gasteiger partial charge on any atom is 0.414 e. The van der Waals surface area contributed by atoms with Crippen LogP contribution in [0.1, 0.15) is 27.2 Å². The molecule has 0 radical (unpaired) electrons. The lowest BCUT2D eigenvalue weighted by molar-refractivity contribution is 0.0459. The molecule has 1 heterocycles. The van der Waals surface area contributed by atoms with Gasteiger partial charge in [0.25, 0.3) is 0 Å². The number of carbonyl (C=O) groups excluding carboxylic acids is 1. The van der Waals surface area contributed by atoms with Gasteiger partial charge in [0.05, 0.1) is 6.26 Å². The van der Waals surface area contributed by atoms with Crippen LogP contribution in [0.25, 0.3) is 0 Å². The summed E-state index contributed by atoms with van der Waals surface area (Å²) in [6.07, 6.45) is 1.76. The van der Waals surface area contributed by atoms with Crippen LogP contribution in [-0.2, 0) is 4.74 Å². The Labute approximate surface area is 83.2 Å². The molecule has 0 aromatic carbocycles. The molecule has 1 aromatic rings. The van der Waals surface area contributed by atoms with Crippen molar-refractivity contribution >= 4 is 12.0 Å². The summed E-state index contributed by atoms with van der Waals surface area (Å²) in [4.78, 5) is 11.3. The zero-order valence-corrected chi connectivity index (χ0v) is 8.66. The molecule has 78 valence electrons. The molecule has 0 unspecified atom stereocenters. The molecular formula is C10H15NO3. The number of hydrogen-bond donors (Lipinski definition) is 1. The van der Waals surface area contributed by atoms with Gasteiger partial charge in [0.1, 0.15) is 5.60 Å². The Bertz CT molecular complexity index is 290. The van der Waals surface area contributed by atoms with Gasteiger partial charge in [-0.3, -0.25) is 5.32 Å². The minimum atomic E-state index is -0.494. The minimum absolute atomic E-state index is 0.391. The summed E-state index contributed by atoms with van der Waals surface area (Å²) >= 11 is 0. The molecule has 0 fully saturated rings. The van der Waals surface area contributed by atoms with Gasteiger partial charge in [-0.25, -0.2) is 4.79 Å². The lowest BCUT2D eigenvalue weighted by Crippen LogP contribution is -2.29. The summed E-state index contributed by atoms with van der Waals surface area (Å²) in [5, 5.41) is 2.48. The Kier molecular flexibility index (Phi) is 3.17. The van der Waals surface area contributed by atoms with Crippen LogP contribution >= 0.6 is 0 Å². The summed E-state index contributed by atoms with van der Waals surface area (Å²) in [6.45, 7) is 5.67. The standard InChI is InChI=1S/C10H15NO3/c1-4-10(2,3)14-9(12)11-8-6-5-7-13-8/h5-7H,4H2,1-3H3,(H,11,12). The van der Waals surface area contributed by atoms with Crippen molar-refractivity contribution < 1.29 is 13.9 Å². The Morgan fingerprint density at radius 1 is 1.64 bits per heavy atom. The Hall–Kier alpha value is -1.45. The van der Waals surface area contributed by atoms with E-state index in [1.54, 1.807) is 12.1 Å². The average Bonchev–Trinajstić information content (AvgIpc) is 2.55. The monoisotopic (exact) mass is 197 g/mol. The Morgan fingerprint density at radius 3 is 2.86 bits per heavy atom. The van der Waals surface area contributed by atoms with Crippen LogP contribution in [0.5, 0.6) is 0 Å². The van der Waals surface area contributed by atoms with Crippen LogP contribution in [0.2, 0.25) is 0 Å². The third kappa shape index (κ3) is 3.12. The number of rotatable bonds is 3. The van der Waals surface area contributed by atoms with Crippen molar-refractivity contribution in [2.24, 2.45) is 0 Å². The number of furan rings is 1. The second-order valence-corrected chi connectivity index (χ2v) is 3.61. The molecule has 0 aliphatic carbocycles. The van der Waals surface area contributed by atoms with E-state index in [9.17, 15) is 4.79 Å². The molecule has 0 saturated carbocycles. The molecule has 0 spiro atoms. The fourth-order valence-corrected chi connectivity index (χ4v) is 0.799. The van der Waals surface area contributed by atoms with E-state index in [-0.39, 0.29) is 0 Å².